The Morgan fingerprint density at radius 2 is 1.74 bits per heavy atom. The summed E-state index contributed by atoms with van der Waals surface area (Å²) < 4.78 is 5.52. The number of carbonyl (C=O) groups is 2. The highest BCUT2D eigenvalue weighted by molar-refractivity contribution is 5.80. The van der Waals surface area contributed by atoms with Crippen molar-refractivity contribution in [2.45, 2.75) is 45.4 Å². The molecule has 2 aromatic rings. The molecule has 0 aromatic heterocycles. The normalized spacial score (nSPS) is 18.3. The molecule has 0 spiro atoms. The largest absolute Gasteiger partial charge is 0.444 e. The molecule has 0 saturated carbocycles. The average molecular weight is 366 g/mol. The predicted molar refractivity (Wildman–Crippen MR) is 104 cm³/mol. The zero-order chi connectivity index (χ0) is 19.2. The van der Waals surface area contributed by atoms with Crippen molar-refractivity contribution in [1.82, 2.24) is 9.80 Å². The van der Waals surface area contributed by atoms with Crippen LogP contribution in [0, 0.1) is 0 Å². The summed E-state index contributed by atoms with van der Waals surface area (Å²) in [5, 5.41) is 0. The Labute approximate surface area is 160 Å². The van der Waals surface area contributed by atoms with Crippen molar-refractivity contribution in [3.8, 4) is 0 Å². The average Bonchev–Trinajstić information content (AvgIpc) is 2.72. The van der Waals surface area contributed by atoms with Crippen molar-refractivity contribution in [1.29, 1.82) is 0 Å². The molecule has 1 saturated heterocycles. The Bertz CT molecular complexity index is 764. The number of nitrogens with zero attached hydrogens (tertiary/aromatic N) is 2. The fourth-order valence-electron chi connectivity index (χ4n) is 3.41. The van der Waals surface area contributed by atoms with Gasteiger partial charge in [0.2, 0.25) is 5.91 Å². The Hall–Kier alpha value is -2.82. The first kappa shape index (κ1) is 19.0. The van der Waals surface area contributed by atoms with Crippen LogP contribution in [0.4, 0.5) is 4.79 Å². The zero-order valence-corrected chi connectivity index (χ0v) is 15.9. The highest BCUT2D eigenvalue weighted by atomic mass is 16.6. The molecule has 0 radical (unpaired) electrons. The van der Waals surface area contributed by atoms with Gasteiger partial charge in [-0.3, -0.25) is 9.69 Å². The van der Waals surface area contributed by atoms with Crippen molar-refractivity contribution in [3.05, 3.63) is 71.8 Å². The van der Waals surface area contributed by atoms with Gasteiger partial charge < -0.3 is 9.64 Å². The molecule has 1 heterocycles. The van der Waals surface area contributed by atoms with E-state index in [0.717, 1.165) is 17.5 Å². The topological polar surface area (TPSA) is 49.9 Å². The molecule has 142 valence electrons. The molecule has 3 rings (SSSR count). The van der Waals surface area contributed by atoms with Gasteiger partial charge in [0.05, 0.1) is 12.7 Å². The van der Waals surface area contributed by atoms with Crippen LogP contribution in [-0.4, -0.2) is 34.5 Å². The second-order valence-corrected chi connectivity index (χ2v) is 6.87. The van der Waals surface area contributed by atoms with Gasteiger partial charge in [0.1, 0.15) is 6.61 Å². The van der Waals surface area contributed by atoms with E-state index in [1.54, 1.807) is 9.80 Å². The van der Waals surface area contributed by atoms with E-state index >= 15 is 0 Å². The van der Waals surface area contributed by atoms with Crippen molar-refractivity contribution < 1.29 is 14.3 Å². The molecule has 1 aliphatic heterocycles. The minimum Gasteiger partial charge on any atom is -0.444 e. The third kappa shape index (κ3) is 4.48. The molecule has 5 heteroatoms. The number of amides is 2. The SMILES string of the molecule is CC[C@@H]1CC(=O)N([C@@H](C)c2ccccc2)CN1C(=O)OCc1ccccc1. The first-order valence-corrected chi connectivity index (χ1v) is 9.42. The second kappa shape index (κ2) is 8.71. The zero-order valence-electron chi connectivity index (χ0n) is 15.9. The number of rotatable bonds is 5. The molecule has 27 heavy (non-hydrogen) atoms. The van der Waals surface area contributed by atoms with Crippen LogP contribution in [0.25, 0.3) is 0 Å². The number of carbonyl (C=O) groups excluding carboxylic acids is 2. The lowest BCUT2D eigenvalue weighted by molar-refractivity contribution is -0.142. The van der Waals surface area contributed by atoms with Crippen molar-refractivity contribution in [3.63, 3.8) is 0 Å². The van der Waals surface area contributed by atoms with E-state index in [0.29, 0.717) is 6.42 Å². The van der Waals surface area contributed by atoms with Gasteiger partial charge in [-0.1, -0.05) is 67.6 Å². The van der Waals surface area contributed by atoms with E-state index in [2.05, 4.69) is 0 Å². The number of ether oxygens (including phenoxy) is 1. The summed E-state index contributed by atoms with van der Waals surface area (Å²) in [6, 6.07) is 19.3. The van der Waals surface area contributed by atoms with E-state index in [-0.39, 0.29) is 37.4 Å². The first-order chi connectivity index (χ1) is 13.1. The van der Waals surface area contributed by atoms with Crippen molar-refractivity contribution in [2.75, 3.05) is 6.67 Å². The molecule has 0 unspecified atom stereocenters. The Kier molecular flexibility index (Phi) is 6.12. The number of hydrogen-bond acceptors (Lipinski definition) is 3. The summed E-state index contributed by atoms with van der Waals surface area (Å²) in [4.78, 5) is 28.8. The smallest absolute Gasteiger partial charge is 0.411 e. The lowest BCUT2D eigenvalue weighted by atomic mass is 10.0. The Morgan fingerprint density at radius 1 is 1.11 bits per heavy atom. The summed E-state index contributed by atoms with van der Waals surface area (Å²) in [5.74, 6) is 0.0744. The van der Waals surface area contributed by atoms with E-state index in [1.807, 2.05) is 74.5 Å². The maximum Gasteiger partial charge on any atom is 0.411 e. The van der Waals surface area contributed by atoms with Gasteiger partial charge in [-0.25, -0.2) is 4.79 Å². The summed E-state index contributed by atoms with van der Waals surface area (Å²) in [6.07, 6.45) is 0.678. The molecule has 2 aromatic carbocycles. The Balaban J connectivity index is 1.70. The van der Waals surface area contributed by atoms with Gasteiger partial charge in [-0.2, -0.15) is 0 Å². The van der Waals surface area contributed by atoms with Crippen LogP contribution >= 0.6 is 0 Å². The third-order valence-corrected chi connectivity index (χ3v) is 5.14. The lowest BCUT2D eigenvalue weighted by Crippen LogP contribution is -2.55. The molecule has 0 aliphatic carbocycles. The van der Waals surface area contributed by atoms with Crippen LogP contribution in [0.3, 0.4) is 0 Å². The van der Waals surface area contributed by atoms with Crippen LogP contribution in [0.15, 0.2) is 60.7 Å². The molecule has 2 amide bonds. The van der Waals surface area contributed by atoms with Gasteiger partial charge in [0.25, 0.3) is 0 Å². The number of hydrogen-bond donors (Lipinski definition) is 0. The Morgan fingerprint density at radius 3 is 2.37 bits per heavy atom. The van der Waals surface area contributed by atoms with Gasteiger partial charge in [0, 0.05) is 12.5 Å². The van der Waals surface area contributed by atoms with Crippen LogP contribution in [0.1, 0.15) is 43.9 Å². The maximum atomic E-state index is 12.7. The molecular formula is C22H26N2O3. The van der Waals surface area contributed by atoms with Crippen LogP contribution in [0.5, 0.6) is 0 Å². The maximum absolute atomic E-state index is 12.7. The summed E-state index contributed by atoms with van der Waals surface area (Å²) in [7, 11) is 0. The standard InChI is InChI=1S/C22H26N2O3/c1-3-20-14-21(25)23(17(2)19-12-8-5-9-13-19)16-24(20)22(26)27-15-18-10-6-4-7-11-18/h4-13,17,20H,3,14-16H2,1-2H3/t17-,20+/m0/s1. The third-order valence-electron chi connectivity index (χ3n) is 5.14. The minimum absolute atomic E-state index is 0.0744. The summed E-state index contributed by atoms with van der Waals surface area (Å²) in [5.41, 5.74) is 2.00. The molecule has 2 atom stereocenters. The van der Waals surface area contributed by atoms with Gasteiger partial charge >= 0.3 is 6.09 Å². The first-order valence-electron chi connectivity index (χ1n) is 9.42. The van der Waals surface area contributed by atoms with E-state index in [9.17, 15) is 9.59 Å². The van der Waals surface area contributed by atoms with Crippen LogP contribution in [-0.2, 0) is 16.1 Å². The summed E-state index contributed by atoms with van der Waals surface area (Å²) >= 11 is 0. The highest BCUT2D eigenvalue weighted by Crippen LogP contribution is 2.27. The number of benzene rings is 2. The van der Waals surface area contributed by atoms with Crippen LogP contribution in [0.2, 0.25) is 0 Å². The second-order valence-electron chi connectivity index (χ2n) is 6.87. The molecular weight excluding hydrogens is 340 g/mol. The monoisotopic (exact) mass is 366 g/mol. The minimum atomic E-state index is -0.372. The van der Waals surface area contributed by atoms with Gasteiger partial charge in [0.15, 0.2) is 0 Å². The van der Waals surface area contributed by atoms with Gasteiger partial charge in [-0.05, 0) is 24.5 Å². The van der Waals surface area contributed by atoms with E-state index < -0.39 is 0 Å². The van der Waals surface area contributed by atoms with E-state index in [4.69, 9.17) is 4.74 Å². The van der Waals surface area contributed by atoms with E-state index in [1.165, 1.54) is 0 Å². The predicted octanol–water partition coefficient (Wildman–Crippen LogP) is 4.35. The summed E-state index contributed by atoms with van der Waals surface area (Å²) in [6.45, 7) is 4.47. The van der Waals surface area contributed by atoms with Crippen LogP contribution < -0.4 is 0 Å². The van der Waals surface area contributed by atoms with Crippen molar-refractivity contribution >= 4 is 12.0 Å². The molecule has 5 nitrogen and oxygen atoms in total. The molecule has 1 fully saturated rings. The van der Waals surface area contributed by atoms with Crippen molar-refractivity contribution in [2.24, 2.45) is 0 Å². The van der Waals surface area contributed by atoms with Gasteiger partial charge in [-0.15, -0.1) is 0 Å². The fraction of sp³-hybridized carbons (Fsp3) is 0.364. The highest BCUT2D eigenvalue weighted by Gasteiger charge is 2.37. The fourth-order valence-corrected chi connectivity index (χ4v) is 3.41. The quantitative estimate of drug-likeness (QED) is 0.790. The molecule has 1 aliphatic rings. The molecule has 0 N–H and O–H groups in total. The molecule has 0 bridgehead atoms. The lowest BCUT2D eigenvalue weighted by Gasteiger charge is -2.42.